The van der Waals surface area contributed by atoms with Crippen molar-refractivity contribution in [2.75, 3.05) is 5.32 Å². The summed E-state index contributed by atoms with van der Waals surface area (Å²) in [6.45, 7) is 1.98. The van der Waals surface area contributed by atoms with Crippen LogP contribution in [0, 0.1) is 6.92 Å². The highest BCUT2D eigenvalue weighted by molar-refractivity contribution is 6.35. The smallest absolute Gasteiger partial charge is 0.275 e. The number of nitrogens with zero attached hydrogens (tertiary/aromatic N) is 2. The Kier molecular flexibility index (Phi) is 3.59. The molecule has 1 aromatic carbocycles. The van der Waals surface area contributed by atoms with Gasteiger partial charge in [-0.1, -0.05) is 29.3 Å². The average Bonchev–Trinajstić information content (AvgIpc) is 2.56. The highest BCUT2D eigenvalue weighted by Crippen LogP contribution is 2.20. The van der Waals surface area contributed by atoms with Crippen molar-refractivity contribution in [3.63, 3.8) is 0 Å². The van der Waals surface area contributed by atoms with Gasteiger partial charge in [0.25, 0.3) is 5.91 Å². The third-order valence-electron chi connectivity index (χ3n) is 2.52. The Bertz CT molecular complexity index is 590. The van der Waals surface area contributed by atoms with E-state index in [9.17, 15) is 4.79 Å². The lowest BCUT2D eigenvalue weighted by Gasteiger charge is -2.06. The number of aryl methyl sites for hydroxylation is 1. The van der Waals surface area contributed by atoms with Crippen LogP contribution in [0.2, 0.25) is 10.4 Å². The van der Waals surface area contributed by atoms with Crippen molar-refractivity contribution < 1.29 is 4.79 Å². The summed E-state index contributed by atoms with van der Waals surface area (Å²) in [5, 5.41) is 3.00. The number of rotatable bonds is 2. The molecule has 1 amide bonds. The molecular formula is C12H11Cl2N3O. The van der Waals surface area contributed by atoms with Crippen molar-refractivity contribution in [1.29, 1.82) is 0 Å². The van der Waals surface area contributed by atoms with Crippen molar-refractivity contribution in [1.82, 2.24) is 9.55 Å². The first kappa shape index (κ1) is 12.9. The average molecular weight is 284 g/mol. The SMILES string of the molecule is Cc1ccc(NC(=O)c2c(Cl)nc(Cl)n2C)cc1. The zero-order valence-electron chi connectivity index (χ0n) is 9.87. The van der Waals surface area contributed by atoms with Crippen LogP contribution in [0.25, 0.3) is 0 Å². The molecule has 1 aromatic heterocycles. The van der Waals surface area contributed by atoms with E-state index >= 15 is 0 Å². The number of carbonyl (C=O) groups excluding carboxylic acids is 1. The molecule has 0 saturated heterocycles. The molecule has 0 aliphatic rings. The van der Waals surface area contributed by atoms with Gasteiger partial charge in [0.15, 0.2) is 5.15 Å². The molecule has 0 aliphatic heterocycles. The fraction of sp³-hybridized carbons (Fsp3) is 0.167. The largest absolute Gasteiger partial charge is 0.321 e. The van der Waals surface area contributed by atoms with Crippen LogP contribution in [0.1, 0.15) is 16.1 Å². The van der Waals surface area contributed by atoms with Gasteiger partial charge in [0.1, 0.15) is 5.69 Å². The van der Waals surface area contributed by atoms with Crippen LogP contribution < -0.4 is 5.32 Å². The van der Waals surface area contributed by atoms with Crippen LogP contribution in [-0.4, -0.2) is 15.5 Å². The van der Waals surface area contributed by atoms with E-state index in [1.807, 2.05) is 31.2 Å². The summed E-state index contributed by atoms with van der Waals surface area (Å²) in [5.74, 6) is -0.342. The maximum atomic E-state index is 12.0. The highest BCUT2D eigenvalue weighted by atomic mass is 35.5. The summed E-state index contributed by atoms with van der Waals surface area (Å²) < 4.78 is 1.44. The second kappa shape index (κ2) is 5.00. The molecule has 94 valence electrons. The fourth-order valence-electron chi connectivity index (χ4n) is 1.51. The summed E-state index contributed by atoms with van der Waals surface area (Å²) in [7, 11) is 1.63. The molecular weight excluding hydrogens is 273 g/mol. The zero-order valence-corrected chi connectivity index (χ0v) is 11.4. The molecule has 2 aromatic rings. The standard InChI is InChI=1S/C12H11Cl2N3O/c1-7-3-5-8(6-4-7)15-11(18)9-10(13)16-12(14)17(9)2/h3-6H,1-2H3,(H,15,18). The van der Waals surface area contributed by atoms with Gasteiger partial charge >= 0.3 is 0 Å². The van der Waals surface area contributed by atoms with E-state index in [-0.39, 0.29) is 22.0 Å². The van der Waals surface area contributed by atoms with Crippen LogP contribution in [0.3, 0.4) is 0 Å². The Morgan fingerprint density at radius 3 is 2.39 bits per heavy atom. The Labute approximate surface area is 115 Å². The van der Waals surface area contributed by atoms with Gasteiger partial charge in [0.2, 0.25) is 5.28 Å². The summed E-state index contributed by atoms with van der Waals surface area (Å²) >= 11 is 11.6. The number of nitrogens with one attached hydrogen (secondary N) is 1. The van der Waals surface area contributed by atoms with Crippen molar-refractivity contribution in [3.05, 3.63) is 46.0 Å². The molecule has 2 rings (SSSR count). The van der Waals surface area contributed by atoms with Gasteiger partial charge in [-0.3, -0.25) is 4.79 Å². The normalized spacial score (nSPS) is 10.4. The summed E-state index contributed by atoms with van der Waals surface area (Å²) in [4.78, 5) is 15.9. The minimum Gasteiger partial charge on any atom is -0.321 e. The number of imidazole rings is 1. The van der Waals surface area contributed by atoms with Gasteiger partial charge in [0, 0.05) is 12.7 Å². The molecule has 0 atom stereocenters. The summed E-state index contributed by atoms with van der Waals surface area (Å²) in [6, 6.07) is 7.46. The van der Waals surface area contributed by atoms with Crippen molar-refractivity contribution >= 4 is 34.8 Å². The molecule has 4 nitrogen and oxygen atoms in total. The van der Waals surface area contributed by atoms with E-state index in [1.54, 1.807) is 7.05 Å². The molecule has 6 heteroatoms. The van der Waals surface area contributed by atoms with Gasteiger partial charge in [-0.05, 0) is 30.7 Å². The monoisotopic (exact) mass is 283 g/mol. The van der Waals surface area contributed by atoms with E-state index in [0.29, 0.717) is 5.69 Å². The number of halogens is 2. The van der Waals surface area contributed by atoms with Crippen LogP contribution >= 0.6 is 23.2 Å². The van der Waals surface area contributed by atoms with Crippen LogP contribution in [0.4, 0.5) is 5.69 Å². The second-order valence-corrected chi connectivity index (χ2v) is 4.60. The molecule has 0 bridgehead atoms. The maximum absolute atomic E-state index is 12.0. The van der Waals surface area contributed by atoms with Gasteiger partial charge in [0.05, 0.1) is 0 Å². The van der Waals surface area contributed by atoms with E-state index in [2.05, 4.69) is 10.3 Å². The number of amides is 1. The number of hydrogen-bond acceptors (Lipinski definition) is 2. The topological polar surface area (TPSA) is 46.9 Å². The minimum absolute atomic E-state index is 0.0899. The molecule has 0 radical (unpaired) electrons. The predicted molar refractivity (Wildman–Crippen MR) is 72.4 cm³/mol. The molecule has 1 heterocycles. The molecule has 0 unspecified atom stereocenters. The third-order valence-corrected chi connectivity index (χ3v) is 3.12. The third kappa shape index (κ3) is 2.49. The van der Waals surface area contributed by atoms with Gasteiger partial charge in [-0.2, -0.15) is 0 Å². The van der Waals surface area contributed by atoms with Crippen molar-refractivity contribution in [3.8, 4) is 0 Å². The van der Waals surface area contributed by atoms with Crippen LogP contribution in [0.15, 0.2) is 24.3 Å². The number of carbonyl (C=O) groups is 1. The quantitative estimate of drug-likeness (QED) is 0.919. The Morgan fingerprint density at radius 2 is 1.89 bits per heavy atom. The molecule has 0 spiro atoms. The fourth-order valence-corrected chi connectivity index (χ4v) is 2.02. The van der Waals surface area contributed by atoms with Crippen molar-refractivity contribution in [2.45, 2.75) is 6.92 Å². The summed E-state index contributed by atoms with van der Waals surface area (Å²) in [6.07, 6.45) is 0. The number of anilines is 1. The minimum atomic E-state index is -0.342. The lowest BCUT2D eigenvalue weighted by Crippen LogP contribution is -2.16. The van der Waals surface area contributed by atoms with E-state index in [0.717, 1.165) is 5.56 Å². The molecule has 0 aliphatic carbocycles. The van der Waals surface area contributed by atoms with Gasteiger partial charge < -0.3 is 9.88 Å². The van der Waals surface area contributed by atoms with Gasteiger partial charge in [-0.25, -0.2) is 4.98 Å². The first-order valence-electron chi connectivity index (χ1n) is 5.25. The zero-order chi connectivity index (χ0) is 13.3. The first-order valence-corrected chi connectivity index (χ1v) is 6.00. The van der Waals surface area contributed by atoms with E-state index < -0.39 is 0 Å². The second-order valence-electron chi connectivity index (χ2n) is 3.90. The summed E-state index contributed by atoms with van der Waals surface area (Å²) in [5.41, 5.74) is 2.05. The van der Waals surface area contributed by atoms with Crippen LogP contribution in [-0.2, 0) is 7.05 Å². The predicted octanol–water partition coefficient (Wildman–Crippen LogP) is 3.29. The Balaban J connectivity index is 2.24. The van der Waals surface area contributed by atoms with Gasteiger partial charge in [-0.15, -0.1) is 0 Å². The highest BCUT2D eigenvalue weighted by Gasteiger charge is 2.19. The number of aromatic nitrogens is 2. The van der Waals surface area contributed by atoms with Crippen molar-refractivity contribution in [2.24, 2.45) is 7.05 Å². The molecule has 0 fully saturated rings. The van der Waals surface area contributed by atoms with Crippen LogP contribution in [0.5, 0.6) is 0 Å². The lowest BCUT2D eigenvalue weighted by molar-refractivity contribution is 0.101. The first-order chi connectivity index (χ1) is 8.49. The number of hydrogen-bond donors (Lipinski definition) is 1. The Morgan fingerprint density at radius 1 is 1.28 bits per heavy atom. The lowest BCUT2D eigenvalue weighted by atomic mass is 10.2. The Hall–Kier alpha value is -1.52. The molecule has 1 N–H and O–H groups in total. The maximum Gasteiger partial charge on any atom is 0.275 e. The van der Waals surface area contributed by atoms with E-state index in [1.165, 1.54) is 4.57 Å². The molecule has 0 saturated carbocycles. The number of benzene rings is 1. The van der Waals surface area contributed by atoms with E-state index in [4.69, 9.17) is 23.2 Å². The molecule has 18 heavy (non-hydrogen) atoms.